The minimum Gasteiger partial charge on any atom is -0.381 e. The number of nitrogens with one attached hydrogen (secondary N) is 1. The molecular weight excluding hydrogens is 272 g/mol. The van der Waals surface area contributed by atoms with Crippen LogP contribution in [0.1, 0.15) is 25.7 Å². The summed E-state index contributed by atoms with van der Waals surface area (Å²) in [7, 11) is 0. The number of hydrogen-bond acceptors (Lipinski definition) is 4. The summed E-state index contributed by atoms with van der Waals surface area (Å²) in [6, 6.07) is 7.32. The maximum atomic E-state index is 11.9. The highest BCUT2D eigenvalue weighted by atomic mass is 32.2. The third kappa shape index (κ3) is 4.87. The van der Waals surface area contributed by atoms with Gasteiger partial charge in [-0.15, -0.1) is 0 Å². The van der Waals surface area contributed by atoms with Gasteiger partial charge in [-0.1, -0.05) is 0 Å². The second-order valence-corrected chi connectivity index (χ2v) is 5.72. The Labute approximate surface area is 123 Å². The van der Waals surface area contributed by atoms with Gasteiger partial charge in [0.05, 0.1) is 0 Å². The third-order valence-electron chi connectivity index (χ3n) is 3.42. The second kappa shape index (κ2) is 7.93. The molecule has 1 fully saturated rings. The van der Waals surface area contributed by atoms with Crippen molar-refractivity contribution < 1.29 is 9.53 Å². The lowest BCUT2D eigenvalue weighted by Gasteiger charge is -2.21. The number of amides is 1. The van der Waals surface area contributed by atoms with E-state index in [0.29, 0.717) is 12.3 Å². The fraction of sp³-hybridized carbons (Fsp3) is 0.467. The first kappa shape index (κ1) is 14.9. The van der Waals surface area contributed by atoms with Crippen molar-refractivity contribution in [3.05, 3.63) is 24.3 Å². The Bertz CT molecular complexity index is 476. The number of thiocyanates is 1. The van der Waals surface area contributed by atoms with E-state index in [-0.39, 0.29) is 5.91 Å². The molecule has 0 atom stereocenters. The molecule has 1 saturated heterocycles. The highest BCUT2D eigenvalue weighted by Gasteiger charge is 2.15. The van der Waals surface area contributed by atoms with Crippen molar-refractivity contribution >= 4 is 23.4 Å². The van der Waals surface area contributed by atoms with Gasteiger partial charge in [0.1, 0.15) is 5.40 Å². The van der Waals surface area contributed by atoms with Gasteiger partial charge in [-0.3, -0.25) is 4.79 Å². The predicted octanol–water partition coefficient (Wildman–Crippen LogP) is 3.41. The van der Waals surface area contributed by atoms with Gasteiger partial charge in [0.15, 0.2) is 0 Å². The maximum absolute atomic E-state index is 11.9. The van der Waals surface area contributed by atoms with Gasteiger partial charge in [0, 0.05) is 30.2 Å². The Morgan fingerprint density at radius 1 is 1.35 bits per heavy atom. The van der Waals surface area contributed by atoms with Gasteiger partial charge < -0.3 is 10.1 Å². The standard InChI is InChI=1S/C15H18N2O2S/c16-11-20-14-4-2-13(3-5-14)17-15(18)6-1-12-7-9-19-10-8-12/h2-5,12H,1,6-10H2,(H,17,18). The molecule has 5 heteroatoms. The second-order valence-electron chi connectivity index (χ2n) is 4.86. The number of carbonyl (C=O) groups excluding carboxylic acids is 1. The lowest BCUT2D eigenvalue weighted by molar-refractivity contribution is -0.116. The smallest absolute Gasteiger partial charge is 0.224 e. The van der Waals surface area contributed by atoms with E-state index in [1.807, 2.05) is 29.7 Å². The average molecular weight is 290 g/mol. The summed E-state index contributed by atoms with van der Waals surface area (Å²) >= 11 is 1.11. The van der Waals surface area contributed by atoms with Crippen LogP contribution in [0.25, 0.3) is 0 Å². The number of hydrogen-bond donors (Lipinski definition) is 1. The molecule has 1 heterocycles. The zero-order valence-electron chi connectivity index (χ0n) is 11.3. The van der Waals surface area contributed by atoms with E-state index in [2.05, 4.69) is 5.32 Å². The molecule has 0 spiro atoms. The Morgan fingerprint density at radius 3 is 2.70 bits per heavy atom. The first-order valence-corrected chi connectivity index (χ1v) is 7.63. The molecule has 2 rings (SSSR count). The summed E-state index contributed by atoms with van der Waals surface area (Å²) in [6.07, 6.45) is 3.61. The molecule has 1 amide bonds. The number of carbonyl (C=O) groups is 1. The van der Waals surface area contributed by atoms with Crippen LogP contribution in [-0.2, 0) is 9.53 Å². The van der Waals surface area contributed by atoms with E-state index < -0.39 is 0 Å². The number of ether oxygens (including phenoxy) is 1. The quantitative estimate of drug-likeness (QED) is 0.667. The van der Waals surface area contributed by atoms with Gasteiger partial charge in [0.2, 0.25) is 5.91 Å². The van der Waals surface area contributed by atoms with E-state index in [4.69, 9.17) is 10.00 Å². The lowest BCUT2D eigenvalue weighted by Crippen LogP contribution is -2.18. The van der Waals surface area contributed by atoms with E-state index >= 15 is 0 Å². The zero-order valence-corrected chi connectivity index (χ0v) is 12.1. The highest BCUT2D eigenvalue weighted by molar-refractivity contribution is 8.03. The topological polar surface area (TPSA) is 62.1 Å². The Balaban J connectivity index is 1.74. The number of rotatable bonds is 5. The molecule has 0 aliphatic carbocycles. The molecule has 4 nitrogen and oxygen atoms in total. The van der Waals surface area contributed by atoms with Crippen molar-refractivity contribution in [2.45, 2.75) is 30.6 Å². The molecule has 0 radical (unpaired) electrons. The van der Waals surface area contributed by atoms with Crippen LogP contribution in [0.5, 0.6) is 0 Å². The minimum atomic E-state index is 0.0529. The number of nitrogens with zero attached hydrogens (tertiary/aromatic N) is 1. The summed E-state index contributed by atoms with van der Waals surface area (Å²) in [5.74, 6) is 0.668. The van der Waals surface area contributed by atoms with Gasteiger partial charge in [-0.05, 0) is 61.2 Å². The Hall–Kier alpha value is -1.51. The van der Waals surface area contributed by atoms with Crippen LogP contribution in [-0.4, -0.2) is 19.1 Å². The summed E-state index contributed by atoms with van der Waals surface area (Å²) in [5.41, 5.74) is 0.782. The van der Waals surface area contributed by atoms with Crippen molar-refractivity contribution in [2.75, 3.05) is 18.5 Å². The molecule has 0 unspecified atom stereocenters. The van der Waals surface area contributed by atoms with Crippen LogP contribution in [0.3, 0.4) is 0 Å². The molecule has 1 aromatic carbocycles. The Morgan fingerprint density at radius 2 is 2.05 bits per heavy atom. The van der Waals surface area contributed by atoms with Crippen LogP contribution >= 0.6 is 11.8 Å². The van der Waals surface area contributed by atoms with Crippen LogP contribution < -0.4 is 5.32 Å². The number of thioether (sulfide) groups is 1. The molecule has 0 bridgehead atoms. The van der Waals surface area contributed by atoms with Gasteiger partial charge in [-0.25, -0.2) is 0 Å². The van der Waals surface area contributed by atoms with Crippen molar-refractivity contribution in [3.63, 3.8) is 0 Å². The fourth-order valence-electron chi connectivity index (χ4n) is 2.25. The monoisotopic (exact) mass is 290 g/mol. The fourth-order valence-corrected chi connectivity index (χ4v) is 2.63. The molecule has 20 heavy (non-hydrogen) atoms. The summed E-state index contributed by atoms with van der Waals surface area (Å²) in [5, 5.41) is 13.5. The zero-order chi connectivity index (χ0) is 14.2. The molecule has 1 aromatic rings. The molecule has 0 aromatic heterocycles. The van der Waals surface area contributed by atoms with Crippen molar-refractivity contribution in [1.82, 2.24) is 0 Å². The largest absolute Gasteiger partial charge is 0.381 e. The van der Waals surface area contributed by atoms with Crippen LogP contribution in [0, 0.1) is 16.6 Å². The van der Waals surface area contributed by atoms with Crippen LogP contribution in [0.4, 0.5) is 5.69 Å². The highest BCUT2D eigenvalue weighted by Crippen LogP contribution is 2.21. The molecular formula is C15H18N2O2S. The minimum absolute atomic E-state index is 0.0529. The summed E-state index contributed by atoms with van der Waals surface area (Å²) in [6.45, 7) is 1.65. The first-order valence-electron chi connectivity index (χ1n) is 6.81. The lowest BCUT2D eigenvalue weighted by atomic mass is 9.95. The van der Waals surface area contributed by atoms with Gasteiger partial charge in [-0.2, -0.15) is 5.26 Å². The number of benzene rings is 1. The van der Waals surface area contributed by atoms with Crippen molar-refractivity contribution in [3.8, 4) is 5.40 Å². The van der Waals surface area contributed by atoms with Crippen molar-refractivity contribution in [1.29, 1.82) is 5.26 Å². The Kier molecular flexibility index (Phi) is 5.90. The first-order chi connectivity index (χ1) is 9.78. The van der Waals surface area contributed by atoms with E-state index in [1.165, 1.54) is 0 Å². The van der Waals surface area contributed by atoms with Crippen LogP contribution in [0.15, 0.2) is 29.2 Å². The normalized spacial score (nSPS) is 15.6. The van der Waals surface area contributed by atoms with Gasteiger partial charge in [0.25, 0.3) is 0 Å². The molecule has 1 aliphatic rings. The van der Waals surface area contributed by atoms with E-state index in [1.54, 1.807) is 0 Å². The molecule has 0 saturated carbocycles. The van der Waals surface area contributed by atoms with Crippen LogP contribution in [0.2, 0.25) is 0 Å². The maximum Gasteiger partial charge on any atom is 0.224 e. The molecule has 1 aliphatic heterocycles. The molecule has 1 N–H and O–H groups in total. The number of nitriles is 1. The number of anilines is 1. The molecule has 106 valence electrons. The van der Waals surface area contributed by atoms with E-state index in [9.17, 15) is 4.79 Å². The predicted molar refractivity (Wildman–Crippen MR) is 79.3 cm³/mol. The summed E-state index contributed by atoms with van der Waals surface area (Å²) < 4.78 is 5.31. The average Bonchev–Trinajstić information content (AvgIpc) is 2.49. The third-order valence-corrected chi connectivity index (χ3v) is 4.02. The van der Waals surface area contributed by atoms with Gasteiger partial charge >= 0.3 is 0 Å². The van der Waals surface area contributed by atoms with Crippen molar-refractivity contribution in [2.24, 2.45) is 5.92 Å². The van der Waals surface area contributed by atoms with E-state index in [0.717, 1.165) is 54.8 Å². The SMILES string of the molecule is N#CSc1ccc(NC(=O)CCC2CCOCC2)cc1. The summed E-state index contributed by atoms with van der Waals surface area (Å²) in [4.78, 5) is 12.7.